The predicted molar refractivity (Wildman–Crippen MR) is 59.2 cm³/mol. The van der Waals surface area contributed by atoms with Crippen LogP contribution < -0.4 is 0 Å². The number of hydrogen-bond acceptors (Lipinski definition) is 0. The third-order valence-corrected chi connectivity index (χ3v) is 2.41. The lowest BCUT2D eigenvalue weighted by atomic mass is 9.95. The Bertz CT molecular complexity index is 276. The fraction of sp³-hybridized carbons (Fsp3) is 0.417. The van der Waals surface area contributed by atoms with E-state index in [0.29, 0.717) is 5.92 Å². The Morgan fingerprint density at radius 1 is 1.38 bits per heavy atom. The van der Waals surface area contributed by atoms with E-state index in [1.165, 1.54) is 11.1 Å². The van der Waals surface area contributed by atoms with Crippen LogP contribution in [0.1, 0.15) is 37.3 Å². The van der Waals surface area contributed by atoms with Gasteiger partial charge in [-0.3, -0.25) is 0 Å². The van der Waals surface area contributed by atoms with Crippen LogP contribution in [0.4, 0.5) is 0 Å². The smallest absolute Gasteiger partial charge is 0.0409 e. The molecule has 1 heteroatoms. The highest BCUT2D eigenvalue weighted by molar-refractivity contribution is 6.30. The second kappa shape index (κ2) is 4.66. The molecule has 0 aliphatic rings. The minimum Gasteiger partial charge on any atom is -0.0843 e. The molecule has 0 saturated carbocycles. The summed E-state index contributed by atoms with van der Waals surface area (Å²) in [6.45, 7) is 8.26. The van der Waals surface area contributed by atoms with Gasteiger partial charge in [0.05, 0.1) is 0 Å². The molecule has 0 spiro atoms. The summed E-state index contributed by atoms with van der Waals surface area (Å²) >= 11 is 5.95. The van der Waals surface area contributed by atoms with Gasteiger partial charge in [0, 0.05) is 5.02 Å². The van der Waals surface area contributed by atoms with E-state index in [4.69, 9.17) is 11.6 Å². The maximum absolute atomic E-state index is 5.95. The fourth-order valence-corrected chi connectivity index (χ4v) is 1.70. The molecule has 0 amide bonds. The molecule has 0 N–H and O–H groups in total. The third kappa shape index (κ3) is 2.73. The van der Waals surface area contributed by atoms with Crippen molar-refractivity contribution < 1.29 is 0 Å². The molecular weight excluding hydrogens is 180 g/mol. The molecule has 0 atom stereocenters. The molecule has 0 aliphatic carbocycles. The highest BCUT2D eigenvalue weighted by atomic mass is 35.5. The molecule has 1 radical (unpaired) electrons. The Labute approximate surface area is 85.9 Å². The first-order valence-corrected chi connectivity index (χ1v) is 5.10. The van der Waals surface area contributed by atoms with Gasteiger partial charge in [0.2, 0.25) is 0 Å². The van der Waals surface area contributed by atoms with Gasteiger partial charge in [0.15, 0.2) is 0 Å². The Hall–Kier alpha value is -0.490. The molecule has 0 unspecified atom stereocenters. The SMILES string of the molecule is [CH2]CCc1ccc(Cl)cc1C(C)C. The average molecular weight is 196 g/mol. The zero-order valence-electron chi connectivity index (χ0n) is 8.31. The molecule has 1 rings (SSSR count). The van der Waals surface area contributed by atoms with Crippen LogP contribution in [0.3, 0.4) is 0 Å². The largest absolute Gasteiger partial charge is 0.0843 e. The van der Waals surface area contributed by atoms with E-state index < -0.39 is 0 Å². The Morgan fingerprint density at radius 3 is 2.62 bits per heavy atom. The molecule has 0 aliphatic heterocycles. The van der Waals surface area contributed by atoms with Crippen LogP contribution in [-0.4, -0.2) is 0 Å². The van der Waals surface area contributed by atoms with Crippen molar-refractivity contribution in [1.29, 1.82) is 0 Å². The summed E-state index contributed by atoms with van der Waals surface area (Å²) < 4.78 is 0. The predicted octanol–water partition coefficient (Wildman–Crippen LogP) is 4.23. The first kappa shape index (κ1) is 10.6. The number of halogens is 1. The molecule has 0 aromatic heterocycles. The molecule has 13 heavy (non-hydrogen) atoms. The maximum Gasteiger partial charge on any atom is 0.0409 e. The monoisotopic (exact) mass is 195 g/mol. The summed E-state index contributed by atoms with van der Waals surface area (Å²) in [5.74, 6) is 0.542. The van der Waals surface area contributed by atoms with E-state index in [1.807, 2.05) is 6.07 Å². The average Bonchev–Trinajstić information content (AvgIpc) is 2.08. The molecule has 0 bridgehead atoms. The van der Waals surface area contributed by atoms with Gasteiger partial charge in [0.25, 0.3) is 0 Å². The summed E-state index contributed by atoms with van der Waals surface area (Å²) in [4.78, 5) is 0. The van der Waals surface area contributed by atoms with Crippen LogP contribution >= 0.6 is 11.6 Å². The highest BCUT2D eigenvalue weighted by Gasteiger charge is 2.06. The van der Waals surface area contributed by atoms with Crippen molar-refractivity contribution in [2.45, 2.75) is 32.6 Å². The second-order valence-electron chi connectivity index (χ2n) is 3.60. The van der Waals surface area contributed by atoms with E-state index in [1.54, 1.807) is 0 Å². The van der Waals surface area contributed by atoms with Crippen molar-refractivity contribution in [2.75, 3.05) is 0 Å². The Morgan fingerprint density at radius 2 is 2.08 bits per heavy atom. The maximum atomic E-state index is 5.95. The van der Waals surface area contributed by atoms with Gasteiger partial charge in [-0.1, -0.05) is 38.4 Å². The van der Waals surface area contributed by atoms with Crippen molar-refractivity contribution >= 4 is 11.6 Å². The van der Waals surface area contributed by atoms with Crippen molar-refractivity contribution in [3.63, 3.8) is 0 Å². The summed E-state index contributed by atoms with van der Waals surface area (Å²) in [6.07, 6.45) is 1.99. The standard InChI is InChI=1S/C12H16Cl/c1-4-5-10-6-7-11(13)8-12(10)9(2)3/h6-9H,1,4-5H2,2-3H3. The van der Waals surface area contributed by atoms with E-state index in [9.17, 15) is 0 Å². The minimum atomic E-state index is 0.542. The van der Waals surface area contributed by atoms with Crippen molar-refractivity contribution in [1.82, 2.24) is 0 Å². The third-order valence-electron chi connectivity index (χ3n) is 2.18. The van der Waals surface area contributed by atoms with Crippen LogP contribution in [-0.2, 0) is 6.42 Å². The molecule has 71 valence electrons. The number of aryl methyl sites for hydroxylation is 1. The van der Waals surface area contributed by atoms with Gasteiger partial charge < -0.3 is 0 Å². The van der Waals surface area contributed by atoms with Gasteiger partial charge in [-0.05, 0) is 42.0 Å². The molecule has 0 heterocycles. The van der Waals surface area contributed by atoms with Crippen LogP contribution in [0.25, 0.3) is 0 Å². The van der Waals surface area contributed by atoms with E-state index in [2.05, 4.69) is 32.9 Å². The van der Waals surface area contributed by atoms with Gasteiger partial charge in [-0.15, -0.1) is 0 Å². The lowest BCUT2D eigenvalue weighted by Crippen LogP contribution is -1.95. The molecule has 0 saturated heterocycles. The van der Waals surface area contributed by atoms with Crippen LogP contribution in [0.5, 0.6) is 0 Å². The van der Waals surface area contributed by atoms with E-state index in [-0.39, 0.29) is 0 Å². The van der Waals surface area contributed by atoms with Crippen molar-refractivity contribution in [3.8, 4) is 0 Å². The zero-order valence-corrected chi connectivity index (χ0v) is 9.06. The Balaban J connectivity index is 3.03. The van der Waals surface area contributed by atoms with Crippen LogP contribution in [0.2, 0.25) is 5.02 Å². The first-order valence-electron chi connectivity index (χ1n) is 4.72. The zero-order chi connectivity index (χ0) is 9.84. The minimum absolute atomic E-state index is 0.542. The number of rotatable bonds is 3. The van der Waals surface area contributed by atoms with Gasteiger partial charge in [-0.25, -0.2) is 0 Å². The number of hydrogen-bond donors (Lipinski definition) is 0. The first-order chi connectivity index (χ1) is 6.15. The number of benzene rings is 1. The van der Waals surface area contributed by atoms with Gasteiger partial charge >= 0.3 is 0 Å². The molecule has 1 aromatic rings. The van der Waals surface area contributed by atoms with Crippen molar-refractivity contribution in [2.24, 2.45) is 0 Å². The summed E-state index contributed by atoms with van der Waals surface area (Å²) in [6, 6.07) is 6.14. The van der Waals surface area contributed by atoms with Gasteiger partial charge in [0.1, 0.15) is 0 Å². The van der Waals surface area contributed by atoms with E-state index in [0.717, 1.165) is 17.9 Å². The van der Waals surface area contributed by atoms with Gasteiger partial charge in [-0.2, -0.15) is 0 Å². The molecule has 0 nitrogen and oxygen atoms in total. The van der Waals surface area contributed by atoms with Crippen LogP contribution in [0, 0.1) is 6.92 Å². The Kier molecular flexibility index (Phi) is 3.80. The highest BCUT2D eigenvalue weighted by Crippen LogP contribution is 2.24. The second-order valence-corrected chi connectivity index (χ2v) is 4.04. The lowest BCUT2D eigenvalue weighted by molar-refractivity contribution is 0.833. The summed E-state index contributed by atoms with van der Waals surface area (Å²) in [5, 5.41) is 0.830. The molecular formula is C12H16Cl. The lowest BCUT2D eigenvalue weighted by Gasteiger charge is -2.12. The molecule has 1 aromatic carbocycles. The quantitative estimate of drug-likeness (QED) is 0.677. The normalized spacial score (nSPS) is 10.8. The van der Waals surface area contributed by atoms with Crippen LogP contribution in [0.15, 0.2) is 18.2 Å². The van der Waals surface area contributed by atoms with Crippen molar-refractivity contribution in [3.05, 3.63) is 41.3 Å². The summed E-state index contributed by atoms with van der Waals surface area (Å²) in [7, 11) is 0. The topological polar surface area (TPSA) is 0 Å². The summed E-state index contributed by atoms with van der Waals surface area (Å²) in [5.41, 5.74) is 2.74. The van der Waals surface area contributed by atoms with E-state index >= 15 is 0 Å². The fourth-order valence-electron chi connectivity index (χ4n) is 1.52. The molecule has 0 fully saturated rings.